The van der Waals surface area contributed by atoms with E-state index >= 15 is 0 Å². The third kappa shape index (κ3) is 4.99. The van der Waals surface area contributed by atoms with Crippen LogP contribution in [0.1, 0.15) is 17.3 Å². The lowest BCUT2D eigenvalue weighted by atomic mass is 10.1. The first-order chi connectivity index (χ1) is 9.85. The van der Waals surface area contributed by atoms with Gasteiger partial charge in [0.05, 0.1) is 11.3 Å². The molecule has 2 amide bonds. The van der Waals surface area contributed by atoms with Gasteiger partial charge in [0, 0.05) is 19.2 Å². The number of urea groups is 1. The number of carboxylic acid groups (broad SMARTS) is 1. The molecule has 0 aromatic heterocycles. The third-order valence-corrected chi connectivity index (χ3v) is 2.86. The van der Waals surface area contributed by atoms with Gasteiger partial charge in [-0.25, -0.2) is 18.4 Å². The predicted molar refractivity (Wildman–Crippen MR) is 73.5 cm³/mol. The molecule has 0 saturated carbocycles. The molecule has 1 aromatic carbocycles. The molecule has 0 radical (unpaired) electrons. The maximum atomic E-state index is 13.1. The zero-order valence-electron chi connectivity index (χ0n) is 11.7. The van der Waals surface area contributed by atoms with E-state index in [2.05, 4.69) is 10.6 Å². The van der Waals surface area contributed by atoms with Crippen molar-refractivity contribution in [2.24, 2.45) is 0 Å². The van der Waals surface area contributed by atoms with Gasteiger partial charge in [0.15, 0.2) is 11.6 Å². The van der Waals surface area contributed by atoms with Gasteiger partial charge < -0.3 is 20.6 Å². The molecule has 21 heavy (non-hydrogen) atoms. The zero-order valence-corrected chi connectivity index (χ0v) is 11.7. The number of anilines is 1. The highest BCUT2D eigenvalue weighted by Crippen LogP contribution is 2.20. The Bertz CT molecular complexity index is 538. The van der Waals surface area contributed by atoms with Crippen molar-refractivity contribution < 1.29 is 23.5 Å². The summed E-state index contributed by atoms with van der Waals surface area (Å²) in [5.74, 6) is -3.99. The average molecular weight is 301 g/mol. The second-order valence-corrected chi connectivity index (χ2v) is 4.39. The van der Waals surface area contributed by atoms with Crippen LogP contribution in [0.15, 0.2) is 12.1 Å². The average Bonchev–Trinajstić information content (AvgIpc) is 2.42. The normalized spacial score (nSPS) is 10.5. The minimum absolute atomic E-state index is 0.303. The molecule has 0 heterocycles. The molecule has 0 aliphatic heterocycles. The number of hydrogen-bond acceptors (Lipinski definition) is 3. The summed E-state index contributed by atoms with van der Waals surface area (Å²) in [6, 6.07) is 0.474. The minimum Gasteiger partial charge on any atom is -0.478 e. The summed E-state index contributed by atoms with van der Waals surface area (Å²) < 4.78 is 26.1. The van der Waals surface area contributed by atoms with Crippen molar-refractivity contribution in [1.29, 1.82) is 0 Å². The molecule has 0 aliphatic rings. The molecular formula is C13H17F2N3O3. The van der Waals surface area contributed by atoms with E-state index in [0.717, 1.165) is 6.54 Å². The van der Waals surface area contributed by atoms with Gasteiger partial charge in [-0.2, -0.15) is 0 Å². The number of carbonyl (C=O) groups is 2. The number of nitrogens with one attached hydrogen (secondary N) is 2. The van der Waals surface area contributed by atoms with E-state index in [9.17, 15) is 18.4 Å². The lowest BCUT2D eigenvalue weighted by Gasteiger charge is -2.15. The van der Waals surface area contributed by atoms with Crippen molar-refractivity contribution in [3.8, 4) is 0 Å². The van der Waals surface area contributed by atoms with Crippen molar-refractivity contribution in [3.63, 3.8) is 0 Å². The van der Waals surface area contributed by atoms with Crippen molar-refractivity contribution in [3.05, 3.63) is 29.3 Å². The number of rotatable bonds is 6. The van der Waals surface area contributed by atoms with E-state index < -0.39 is 29.2 Å². The number of benzene rings is 1. The molecule has 1 rings (SSSR count). The van der Waals surface area contributed by atoms with E-state index in [4.69, 9.17) is 5.11 Å². The molecule has 6 nitrogen and oxygen atoms in total. The molecule has 116 valence electrons. The number of likely N-dealkylation sites (N-methyl/N-ethyl adjacent to an activating group) is 1. The van der Waals surface area contributed by atoms with E-state index in [0.29, 0.717) is 25.2 Å². The van der Waals surface area contributed by atoms with Crippen molar-refractivity contribution in [1.82, 2.24) is 10.2 Å². The first kappa shape index (κ1) is 16.8. The van der Waals surface area contributed by atoms with Crippen molar-refractivity contribution in [2.45, 2.75) is 6.92 Å². The Morgan fingerprint density at radius 1 is 1.29 bits per heavy atom. The van der Waals surface area contributed by atoms with Gasteiger partial charge in [-0.3, -0.25) is 0 Å². The summed E-state index contributed by atoms with van der Waals surface area (Å²) >= 11 is 0. The molecule has 1 aromatic rings. The van der Waals surface area contributed by atoms with Crippen LogP contribution in [0.2, 0.25) is 0 Å². The van der Waals surface area contributed by atoms with Gasteiger partial charge in [0.25, 0.3) is 0 Å². The third-order valence-electron chi connectivity index (χ3n) is 2.86. The molecule has 0 bridgehead atoms. The number of carbonyl (C=O) groups excluding carboxylic acids is 1. The number of carboxylic acids is 1. The summed E-state index contributed by atoms with van der Waals surface area (Å²) in [7, 11) is 1.87. The maximum absolute atomic E-state index is 13.1. The lowest BCUT2D eigenvalue weighted by molar-refractivity contribution is 0.0697. The first-order valence-electron chi connectivity index (χ1n) is 6.30. The number of hydrogen-bond donors (Lipinski definition) is 3. The predicted octanol–water partition coefficient (Wildman–Crippen LogP) is 1.74. The minimum atomic E-state index is -1.46. The summed E-state index contributed by atoms with van der Waals surface area (Å²) in [4.78, 5) is 24.5. The fourth-order valence-corrected chi connectivity index (χ4v) is 1.51. The van der Waals surface area contributed by atoms with Crippen LogP contribution in [0.3, 0.4) is 0 Å². The number of halogens is 2. The second kappa shape index (κ2) is 7.53. The fourth-order valence-electron chi connectivity index (χ4n) is 1.51. The Hall–Kier alpha value is -2.22. The Morgan fingerprint density at radius 2 is 1.90 bits per heavy atom. The molecule has 0 saturated heterocycles. The quantitative estimate of drug-likeness (QED) is 0.747. The van der Waals surface area contributed by atoms with Crippen LogP contribution in [-0.4, -0.2) is 48.7 Å². The Kier molecular flexibility index (Phi) is 6.04. The zero-order chi connectivity index (χ0) is 16.0. The van der Waals surface area contributed by atoms with Crippen LogP contribution in [-0.2, 0) is 0 Å². The molecule has 0 fully saturated rings. The van der Waals surface area contributed by atoms with E-state index in [-0.39, 0.29) is 5.69 Å². The van der Waals surface area contributed by atoms with Crippen LogP contribution < -0.4 is 10.6 Å². The van der Waals surface area contributed by atoms with Crippen LogP contribution >= 0.6 is 0 Å². The lowest BCUT2D eigenvalue weighted by Crippen LogP contribution is -2.35. The van der Waals surface area contributed by atoms with E-state index in [1.54, 1.807) is 0 Å². The Labute approximate surface area is 120 Å². The van der Waals surface area contributed by atoms with Gasteiger partial charge in [-0.15, -0.1) is 0 Å². The molecule has 0 aliphatic carbocycles. The summed E-state index contributed by atoms with van der Waals surface area (Å²) in [5, 5.41) is 13.6. The molecule has 0 unspecified atom stereocenters. The molecule has 0 spiro atoms. The van der Waals surface area contributed by atoms with Crippen LogP contribution in [0.4, 0.5) is 19.3 Å². The smallest absolute Gasteiger partial charge is 0.337 e. The molecule has 8 heteroatoms. The van der Waals surface area contributed by atoms with Crippen molar-refractivity contribution in [2.75, 3.05) is 32.0 Å². The summed E-state index contributed by atoms with van der Waals surface area (Å²) in [6.45, 7) is 3.71. The van der Waals surface area contributed by atoms with Gasteiger partial charge in [0.2, 0.25) is 0 Å². The van der Waals surface area contributed by atoms with Crippen LogP contribution in [0, 0.1) is 11.6 Å². The number of amides is 2. The summed E-state index contributed by atoms with van der Waals surface area (Å²) in [5.41, 5.74) is -0.822. The van der Waals surface area contributed by atoms with Crippen LogP contribution in [0.25, 0.3) is 0 Å². The standard InChI is InChI=1S/C13H17F2N3O3/c1-3-18(2)5-4-16-13(21)17-11-7-10(15)9(14)6-8(11)12(19)20/h6-7H,3-5H2,1-2H3,(H,19,20)(H2,16,17,21). The number of nitrogens with zero attached hydrogens (tertiary/aromatic N) is 1. The highest BCUT2D eigenvalue weighted by atomic mass is 19.2. The van der Waals surface area contributed by atoms with E-state index in [1.165, 1.54) is 0 Å². The maximum Gasteiger partial charge on any atom is 0.337 e. The highest BCUT2D eigenvalue weighted by molar-refractivity contribution is 6.00. The first-order valence-corrected chi connectivity index (χ1v) is 6.30. The van der Waals surface area contributed by atoms with Gasteiger partial charge in [-0.1, -0.05) is 6.92 Å². The SMILES string of the molecule is CCN(C)CCNC(=O)Nc1cc(F)c(F)cc1C(=O)O. The number of aromatic carboxylic acids is 1. The molecule has 3 N–H and O–H groups in total. The van der Waals surface area contributed by atoms with Gasteiger partial charge in [-0.05, 0) is 19.7 Å². The fraction of sp³-hybridized carbons (Fsp3) is 0.385. The van der Waals surface area contributed by atoms with Crippen LogP contribution in [0.5, 0.6) is 0 Å². The molecular weight excluding hydrogens is 284 g/mol. The van der Waals surface area contributed by atoms with Gasteiger partial charge in [0.1, 0.15) is 0 Å². The van der Waals surface area contributed by atoms with E-state index in [1.807, 2.05) is 18.9 Å². The molecule has 0 atom stereocenters. The second-order valence-electron chi connectivity index (χ2n) is 4.39. The van der Waals surface area contributed by atoms with Crippen molar-refractivity contribution >= 4 is 17.7 Å². The van der Waals surface area contributed by atoms with Gasteiger partial charge >= 0.3 is 12.0 Å². The highest BCUT2D eigenvalue weighted by Gasteiger charge is 2.16. The topological polar surface area (TPSA) is 81.7 Å². The Balaban J connectivity index is 2.71. The summed E-state index contributed by atoms with van der Waals surface area (Å²) in [6.07, 6.45) is 0. The Morgan fingerprint density at radius 3 is 2.48 bits per heavy atom. The monoisotopic (exact) mass is 301 g/mol. The largest absolute Gasteiger partial charge is 0.478 e.